The smallest absolute Gasteiger partial charge is 0.274 e. The number of carbonyl (C=O) groups is 1. The minimum Gasteiger partial charge on any atom is -0.380 e. The Bertz CT molecular complexity index is 866. The van der Waals surface area contributed by atoms with E-state index in [1.807, 2.05) is 37.3 Å². The number of rotatable bonds is 5. The second-order valence-corrected chi connectivity index (χ2v) is 5.97. The van der Waals surface area contributed by atoms with Gasteiger partial charge in [-0.25, -0.2) is 4.98 Å². The number of aryl methyl sites for hydroxylation is 1. The summed E-state index contributed by atoms with van der Waals surface area (Å²) in [7, 11) is 0. The molecular formula is C19H17ClN4O. The number of nitrogens with zero attached hydrogens (tertiary/aromatic N) is 2. The molecule has 0 aliphatic heterocycles. The molecule has 3 aromatic rings. The first kappa shape index (κ1) is 16.9. The number of aromatic nitrogens is 2. The molecule has 5 nitrogen and oxygen atoms in total. The zero-order valence-corrected chi connectivity index (χ0v) is 14.4. The van der Waals surface area contributed by atoms with Crippen LogP contribution < -0.4 is 10.6 Å². The maximum Gasteiger partial charge on any atom is 0.274 e. The zero-order chi connectivity index (χ0) is 17.6. The van der Waals surface area contributed by atoms with Gasteiger partial charge in [0.2, 0.25) is 0 Å². The van der Waals surface area contributed by atoms with E-state index in [0.29, 0.717) is 22.9 Å². The Kier molecular flexibility index (Phi) is 5.26. The third-order valence-electron chi connectivity index (χ3n) is 3.65. The van der Waals surface area contributed by atoms with Crippen molar-refractivity contribution in [3.8, 4) is 0 Å². The molecule has 0 radical (unpaired) electrons. The second-order valence-electron chi connectivity index (χ2n) is 5.57. The van der Waals surface area contributed by atoms with Crippen LogP contribution in [0.4, 0.5) is 11.4 Å². The molecule has 0 bridgehead atoms. The first-order chi connectivity index (χ1) is 12.1. The molecular weight excluding hydrogens is 336 g/mol. The van der Waals surface area contributed by atoms with Crippen LogP contribution in [0.25, 0.3) is 0 Å². The Morgan fingerprint density at radius 3 is 2.64 bits per heavy atom. The molecule has 2 N–H and O–H groups in total. The van der Waals surface area contributed by atoms with Crippen LogP contribution in [0.15, 0.2) is 61.1 Å². The number of nitrogens with one attached hydrogen (secondary N) is 2. The Morgan fingerprint density at radius 1 is 1.12 bits per heavy atom. The highest BCUT2D eigenvalue weighted by Gasteiger charge is 2.08. The highest BCUT2D eigenvalue weighted by atomic mass is 35.5. The van der Waals surface area contributed by atoms with Crippen molar-refractivity contribution in [2.24, 2.45) is 0 Å². The molecule has 0 unspecified atom stereocenters. The highest BCUT2D eigenvalue weighted by Crippen LogP contribution is 2.20. The summed E-state index contributed by atoms with van der Waals surface area (Å²) in [5.74, 6) is -0.279. The van der Waals surface area contributed by atoms with Crippen LogP contribution in [0, 0.1) is 6.92 Å². The van der Waals surface area contributed by atoms with Gasteiger partial charge in [-0.05, 0) is 48.4 Å². The van der Waals surface area contributed by atoms with Crippen molar-refractivity contribution >= 4 is 28.9 Å². The summed E-state index contributed by atoms with van der Waals surface area (Å²) >= 11 is 6.07. The molecule has 0 aliphatic rings. The summed E-state index contributed by atoms with van der Waals surface area (Å²) in [6.07, 6.45) is 5.17. The molecule has 0 atom stereocenters. The van der Waals surface area contributed by atoms with Gasteiger partial charge in [0, 0.05) is 29.6 Å². The fourth-order valence-corrected chi connectivity index (χ4v) is 2.39. The molecule has 1 amide bonds. The van der Waals surface area contributed by atoms with Crippen molar-refractivity contribution in [2.75, 3.05) is 10.6 Å². The normalized spacial score (nSPS) is 10.3. The number of carbonyl (C=O) groups excluding carboxylic acids is 1. The number of amides is 1. The number of pyridine rings is 2. The topological polar surface area (TPSA) is 66.9 Å². The maximum atomic E-state index is 12.3. The van der Waals surface area contributed by atoms with E-state index in [1.54, 1.807) is 30.7 Å². The van der Waals surface area contributed by atoms with E-state index in [2.05, 4.69) is 20.6 Å². The van der Waals surface area contributed by atoms with E-state index in [9.17, 15) is 4.79 Å². The molecule has 0 aliphatic carbocycles. The SMILES string of the molecule is Cc1ccc(NC(=O)c2ccc(NCc3cccnc3)cn2)cc1Cl. The number of hydrogen-bond acceptors (Lipinski definition) is 4. The van der Waals surface area contributed by atoms with Gasteiger partial charge in [0.15, 0.2) is 0 Å². The van der Waals surface area contributed by atoms with Crippen molar-refractivity contribution in [1.29, 1.82) is 0 Å². The number of hydrogen-bond donors (Lipinski definition) is 2. The molecule has 6 heteroatoms. The largest absolute Gasteiger partial charge is 0.380 e. The van der Waals surface area contributed by atoms with E-state index in [-0.39, 0.29) is 5.91 Å². The first-order valence-electron chi connectivity index (χ1n) is 7.78. The van der Waals surface area contributed by atoms with Gasteiger partial charge in [0.05, 0.1) is 11.9 Å². The zero-order valence-electron chi connectivity index (χ0n) is 13.7. The minimum atomic E-state index is -0.279. The molecule has 3 rings (SSSR count). The molecule has 0 saturated heterocycles. The van der Waals surface area contributed by atoms with Gasteiger partial charge in [-0.1, -0.05) is 23.7 Å². The lowest BCUT2D eigenvalue weighted by molar-refractivity contribution is 0.102. The molecule has 2 heterocycles. The van der Waals surface area contributed by atoms with Crippen LogP contribution in [0.3, 0.4) is 0 Å². The van der Waals surface area contributed by atoms with Gasteiger partial charge in [-0.15, -0.1) is 0 Å². The molecule has 0 fully saturated rings. The van der Waals surface area contributed by atoms with E-state index in [1.165, 1.54) is 0 Å². The molecule has 25 heavy (non-hydrogen) atoms. The van der Waals surface area contributed by atoms with Crippen molar-refractivity contribution in [1.82, 2.24) is 9.97 Å². The van der Waals surface area contributed by atoms with Crippen molar-refractivity contribution in [3.63, 3.8) is 0 Å². The second kappa shape index (κ2) is 7.77. The fraction of sp³-hybridized carbons (Fsp3) is 0.105. The van der Waals surface area contributed by atoms with Gasteiger partial charge in [-0.3, -0.25) is 9.78 Å². The molecule has 1 aromatic carbocycles. The van der Waals surface area contributed by atoms with Crippen LogP contribution >= 0.6 is 11.6 Å². The van der Waals surface area contributed by atoms with Crippen LogP contribution in [0.5, 0.6) is 0 Å². The monoisotopic (exact) mass is 352 g/mol. The predicted octanol–water partition coefficient (Wildman–Crippen LogP) is 4.30. The number of halogens is 1. The first-order valence-corrected chi connectivity index (χ1v) is 8.16. The average molecular weight is 353 g/mol. The summed E-state index contributed by atoms with van der Waals surface area (Å²) in [4.78, 5) is 20.5. The highest BCUT2D eigenvalue weighted by molar-refractivity contribution is 6.31. The quantitative estimate of drug-likeness (QED) is 0.718. The molecule has 0 saturated carbocycles. The van der Waals surface area contributed by atoms with Crippen LogP contribution in [-0.4, -0.2) is 15.9 Å². The van der Waals surface area contributed by atoms with Crippen molar-refractivity contribution < 1.29 is 4.79 Å². The van der Waals surface area contributed by atoms with Crippen molar-refractivity contribution in [2.45, 2.75) is 13.5 Å². The average Bonchev–Trinajstić information content (AvgIpc) is 2.64. The van der Waals surface area contributed by atoms with E-state index in [0.717, 1.165) is 16.8 Å². The maximum absolute atomic E-state index is 12.3. The summed E-state index contributed by atoms with van der Waals surface area (Å²) in [6.45, 7) is 2.55. The summed E-state index contributed by atoms with van der Waals surface area (Å²) < 4.78 is 0. The summed E-state index contributed by atoms with van der Waals surface area (Å²) in [5.41, 5.74) is 3.84. The van der Waals surface area contributed by atoms with Crippen molar-refractivity contribution in [3.05, 3.63) is 82.9 Å². The number of anilines is 2. The lowest BCUT2D eigenvalue weighted by Crippen LogP contribution is -2.13. The van der Waals surface area contributed by atoms with Crippen LogP contribution in [0.1, 0.15) is 21.6 Å². The molecule has 0 spiro atoms. The Morgan fingerprint density at radius 2 is 1.96 bits per heavy atom. The minimum absolute atomic E-state index is 0.279. The van der Waals surface area contributed by atoms with E-state index in [4.69, 9.17) is 11.6 Å². The van der Waals surface area contributed by atoms with E-state index >= 15 is 0 Å². The van der Waals surface area contributed by atoms with Gasteiger partial charge < -0.3 is 10.6 Å². The molecule has 2 aromatic heterocycles. The Balaban J connectivity index is 1.61. The lowest BCUT2D eigenvalue weighted by atomic mass is 10.2. The van der Waals surface area contributed by atoms with Gasteiger partial charge in [-0.2, -0.15) is 0 Å². The standard InChI is InChI=1S/C19H17ClN4O/c1-13-4-5-15(9-17(13)20)24-19(25)18-7-6-16(12-23-18)22-11-14-3-2-8-21-10-14/h2-10,12,22H,11H2,1H3,(H,24,25). The van der Waals surface area contributed by atoms with Crippen LogP contribution in [0.2, 0.25) is 5.02 Å². The molecule has 126 valence electrons. The summed E-state index contributed by atoms with van der Waals surface area (Å²) in [6, 6.07) is 12.8. The third kappa shape index (κ3) is 4.55. The fourth-order valence-electron chi connectivity index (χ4n) is 2.21. The Hall–Kier alpha value is -2.92. The number of benzene rings is 1. The van der Waals surface area contributed by atoms with Gasteiger partial charge >= 0.3 is 0 Å². The lowest BCUT2D eigenvalue weighted by Gasteiger charge is -2.08. The predicted molar refractivity (Wildman–Crippen MR) is 99.9 cm³/mol. The summed E-state index contributed by atoms with van der Waals surface area (Å²) in [5, 5.41) is 6.64. The van der Waals surface area contributed by atoms with Crippen LogP contribution in [-0.2, 0) is 6.54 Å². The Labute approximate surface area is 151 Å². The van der Waals surface area contributed by atoms with E-state index < -0.39 is 0 Å². The third-order valence-corrected chi connectivity index (χ3v) is 4.05. The van der Waals surface area contributed by atoms with Gasteiger partial charge in [0.25, 0.3) is 5.91 Å². The van der Waals surface area contributed by atoms with Gasteiger partial charge in [0.1, 0.15) is 5.69 Å².